The minimum absolute atomic E-state index is 0.0261. The number of hydrogen-bond donors (Lipinski definition) is 0. The van der Waals surface area contributed by atoms with Gasteiger partial charge in [-0.2, -0.15) is 0 Å². The Balaban J connectivity index is 0.764. The highest BCUT2D eigenvalue weighted by Crippen LogP contribution is 2.68. The van der Waals surface area contributed by atoms with Gasteiger partial charge >= 0.3 is 0 Å². The van der Waals surface area contributed by atoms with Crippen molar-refractivity contribution in [2.45, 2.75) is 314 Å². The quantitative estimate of drug-likeness (QED) is 0.0394. The summed E-state index contributed by atoms with van der Waals surface area (Å²) in [4.78, 5) is 0. The van der Waals surface area contributed by atoms with E-state index in [4.69, 9.17) is 13.6 Å². The lowest BCUT2D eigenvalue weighted by atomic mass is 9.68. The highest BCUT2D eigenvalue weighted by Gasteiger charge is 2.53. The van der Waals surface area contributed by atoms with Crippen LogP contribution in [0.25, 0.3) is 122 Å². The molecule has 7 aliphatic rings. The molecule has 3 heteroatoms. The first kappa shape index (κ1) is 81.1. The SMILES string of the molecule is CCCCCCCCC1(CCCCCCCC)c2cc(C(Cc3ccc4c(c3)C(C)(C)c3c5c(c6oc7ccccc7c6c3-4)-c3ccccc3C5(C)C)c3ccc4c(c3)C(C)(C)c3cc5c(cc3-4)C(C)(C)c3ccc4oc6ccccc6c4c3-5)ccc2-c2cc3c(cc21)-c1c(ccc2c1-c1ccccc1OC2)C3(CCCCCCCC)CCCCCCCC. The number of fused-ring (bicyclic) bond motifs is 32. The van der Waals surface area contributed by atoms with Gasteiger partial charge in [0.25, 0.3) is 0 Å². The number of para-hydroxylation sites is 3. The van der Waals surface area contributed by atoms with Crippen LogP contribution >= 0.6 is 0 Å². The van der Waals surface area contributed by atoms with Crippen LogP contribution in [0.1, 0.15) is 358 Å². The van der Waals surface area contributed by atoms with Crippen molar-refractivity contribution >= 4 is 43.9 Å². The molecule has 0 spiro atoms. The smallest absolute Gasteiger partial charge is 0.144 e. The molecule has 0 fully saturated rings. The zero-order valence-electron chi connectivity index (χ0n) is 76.6. The van der Waals surface area contributed by atoms with E-state index >= 15 is 0 Å². The molecule has 12 aromatic carbocycles. The maximum absolute atomic E-state index is 7.24. The molecule has 0 amide bonds. The first-order chi connectivity index (χ1) is 60.4. The van der Waals surface area contributed by atoms with Crippen LogP contribution in [0.4, 0.5) is 0 Å². The lowest BCUT2D eigenvalue weighted by Crippen LogP contribution is -2.27. The molecule has 0 saturated carbocycles. The summed E-state index contributed by atoms with van der Waals surface area (Å²) in [6.45, 7) is 30.1. The maximum Gasteiger partial charge on any atom is 0.144 e. The summed E-state index contributed by atoms with van der Waals surface area (Å²) in [6.07, 6.45) is 36.4. The lowest BCUT2D eigenvalue weighted by molar-refractivity contribution is 0.302. The zero-order chi connectivity index (χ0) is 84.8. The number of benzene rings is 12. The van der Waals surface area contributed by atoms with Crippen LogP contribution < -0.4 is 4.74 Å². The van der Waals surface area contributed by atoms with Crippen molar-refractivity contribution in [1.29, 1.82) is 0 Å². The van der Waals surface area contributed by atoms with Crippen molar-refractivity contribution in [1.82, 2.24) is 0 Å². The summed E-state index contributed by atoms with van der Waals surface area (Å²) in [5, 5.41) is 4.90. The molecule has 3 heterocycles. The van der Waals surface area contributed by atoms with Crippen LogP contribution in [0.2, 0.25) is 0 Å². The zero-order valence-corrected chi connectivity index (χ0v) is 76.6. The van der Waals surface area contributed by atoms with Gasteiger partial charge in [0.1, 0.15) is 34.7 Å². The molecule has 3 nitrogen and oxygen atoms in total. The average molecular weight is 1630 g/mol. The first-order valence-corrected chi connectivity index (χ1v) is 49.1. The summed E-state index contributed by atoms with van der Waals surface area (Å²) in [6, 6.07) is 80.7. The standard InChI is InChI=1S/C121H130O3/c1-13-17-21-25-29-41-63-120(64-42-30-26-22-18-14-2)94-60-56-79-75-122-102-50-38-34-46-84(102)106(79)108(94)91-74-100-89(72-101(91)120)81-59-55-78(70-99(81)121(100,65-43-31-27-23-19-15-3)66-44-32-28-24-20-16-4)87(77-54-58-80-88-71-98-90(73-97(88)117(7,8)96(80)69-77)107-93(116(98,5)6)61-62-105-109(107)85-47-35-39-51-103(85)123-105)67-76-53-57-83-95(68-76)119(11,12)113-110(83)111-86-48-36-40-52-104(86)124-115(111)112-82-45-33-37-49-92(82)118(9,10)114(112)113/h33-40,45-62,68-74,87H,13-32,41-44,63-67,75H2,1-12H3. The number of rotatable bonds is 32. The fourth-order valence-electron chi connectivity index (χ4n) is 26.3. The summed E-state index contributed by atoms with van der Waals surface area (Å²) in [5.74, 6) is 1.06. The van der Waals surface area contributed by atoms with E-state index < -0.39 is 0 Å². The van der Waals surface area contributed by atoms with E-state index in [0.29, 0.717) is 6.61 Å². The van der Waals surface area contributed by atoms with E-state index in [0.717, 1.165) is 47.3 Å². The maximum atomic E-state index is 7.24. The third-order valence-corrected chi connectivity index (χ3v) is 32.7. The molecule has 1 unspecified atom stereocenters. The molecule has 632 valence electrons. The minimum atomic E-state index is -0.328. The number of unbranched alkanes of at least 4 members (excludes halogenated alkanes) is 20. The second-order valence-corrected chi connectivity index (χ2v) is 41.5. The lowest BCUT2D eigenvalue weighted by Gasteiger charge is -2.35. The van der Waals surface area contributed by atoms with Gasteiger partial charge in [0.15, 0.2) is 0 Å². The molecule has 1 aliphatic heterocycles. The van der Waals surface area contributed by atoms with Crippen molar-refractivity contribution < 1.29 is 13.6 Å². The largest absolute Gasteiger partial charge is 0.488 e. The fraction of sp³-hybridized carbons (Fsp3) is 0.405. The molecule has 0 N–H and O–H groups in total. The molecule has 14 aromatic rings. The van der Waals surface area contributed by atoms with Crippen LogP contribution in [-0.4, -0.2) is 0 Å². The number of ether oxygens (including phenoxy) is 1. The number of hydrogen-bond acceptors (Lipinski definition) is 3. The predicted molar refractivity (Wildman–Crippen MR) is 524 cm³/mol. The van der Waals surface area contributed by atoms with Crippen molar-refractivity contribution in [2.24, 2.45) is 0 Å². The molecule has 0 saturated heterocycles. The normalized spacial score (nSPS) is 16.4. The summed E-state index contributed by atoms with van der Waals surface area (Å²) < 4.78 is 20.7. The van der Waals surface area contributed by atoms with Crippen molar-refractivity contribution in [3.05, 3.63) is 289 Å². The van der Waals surface area contributed by atoms with Gasteiger partial charge < -0.3 is 13.6 Å². The van der Waals surface area contributed by atoms with Gasteiger partial charge in [-0.1, -0.05) is 389 Å². The van der Waals surface area contributed by atoms with E-state index in [1.807, 2.05) is 0 Å². The van der Waals surface area contributed by atoms with Gasteiger partial charge in [0, 0.05) is 76.6 Å². The Kier molecular flexibility index (Phi) is 20.6. The second-order valence-electron chi connectivity index (χ2n) is 41.5. The summed E-state index contributed by atoms with van der Waals surface area (Å²) in [5.41, 5.74) is 45.4. The van der Waals surface area contributed by atoms with E-state index in [-0.39, 0.29) is 38.4 Å². The Bertz CT molecular complexity index is 6530. The monoisotopic (exact) mass is 1630 g/mol. The van der Waals surface area contributed by atoms with Gasteiger partial charge in [0.2, 0.25) is 0 Å². The molecular weight excluding hydrogens is 1500 g/mol. The molecule has 2 aromatic heterocycles. The average Bonchev–Trinajstić information content (AvgIpc) is 1.48. The molecule has 1 atom stereocenters. The van der Waals surface area contributed by atoms with E-state index in [1.165, 1.54) is 333 Å². The second kappa shape index (κ2) is 31.6. The van der Waals surface area contributed by atoms with Crippen LogP contribution in [0.15, 0.2) is 209 Å². The topological polar surface area (TPSA) is 35.5 Å². The van der Waals surface area contributed by atoms with Crippen molar-refractivity contribution in [3.8, 4) is 83.6 Å². The minimum Gasteiger partial charge on any atom is -0.488 e. The van der Waals surface area contributed by atoms with Crippen LogP contribution in [0, 0.1) is 0 Å². The Labute approximate surface area is 739 Å². The Hall–Kier alpha value is -9.96. The Morgan fingerprint density at radius 3 is 1.39 bits per heavy atom. The fourth-order valence-corrected chi connectivity index (χ4v) is 26.3. The van der Waals surface area contributed by atoms with Crippen LogP contribution in [-0.2, 0) is 45.5 Å². The Morgan fingerprint density at radius 2 is 0.726 bits per heavy atom. The van der Waals surface area contributed by atoms with Crippen LogP contribution in [0.3, 0.4) is 0 Å². The Morgan fingerprint density at radius 1 is 0.282 bits per heavy atom. The third kappa shape index (κ3) is 12.5. The first-order valence-electron chi connectivity index (χ1n) is 49.1. The van der Waals surface area contributed by atoms with Crippen molar-refractivity contribution in [2.75, 3.05) is 0 Å². The van der Waals surface area contributed by atoms with Gasteiger partial charge in [-0.25, -0.2) is 0 Å². The molecule has 6 aliphatic carbocycles. The highest BCUT2D eigenvalue weighted by atomic mass is 16.5. The molecule has 0 radical (unpaired) electrons. The van der Waals surface area contributed by atoms with E-state index in [2.05, 4.69) is 283 Å². The van der Waals surface area contributed by atoms with Gasteiger partial charge in [-0.3, -0.25) is 0 Å². The molecule has 21 rings (SSSR count). The highest BCUT2D eigenvalue weighted by molar-refractivity contribution is 6.21. The molecular formula is C121H130O3. The molecule has 0 bridgehead atoms. The van der Waals surface area contributed by atoms with E-state index in [9.17, 15) is 0 Å². The summed E-state index contributed by atoms with van der Waals surface area (Å²) in [7, 11) is 0. The van der Waals surface area contributed by atoms with Crippen molar-refractivity contribution in [3.63, 3.8) is 0 Å². The van der Waals surface area contributed by atoms with Gasteiger partial charge in [-0.15, -0.1) is 0 Å². The van der Waals surface area contributed by atoms with Crippen LogP contribution in [0.5, 0.6) is 5.75 Å². The number of furan rings is 2. The summed E-state index contributed by atoms with van der Waals surface area (Å²) >= 11 is 0. The predicted octanol–water partition coefficient (Wildman–Crippen LogP) is 35.2. The van der Waals surface area contributed by atoms with E-state index in [1.54, 1.807) is 22.3 Å². The third-order valence-electron chi connectivity index (χ3n) is 32.7. The van der Waals surface area contributed by atoms with Gasteiger partial charge in [0.05, 0.1) is 0 Å². The molecule has 124 heavy (non-hydrogen) atoms. The van der Waals surface area contributed by atoms with Gasteiger partial charge in [-0.05, 0) is 231 Å².